The molecule has 3 heteroatoms. The van der Waals surface area contributed by atoms with Crippen molar-refractivity contribution in [3.63, 3.8) is 0 Å². The fourth-order valence-electron chi connectivity index (χ4n) is 2.74. The third kappa shape index (κ3) is 1.45. The van der Waals surface area contributed by atoms with Crippen molar-refractivity contribution in [1.82, 2.24) is 0 Å². The molecule has 3 nitrogen and oxygen atoms in total. The first kappa shape index (κ1) is 10.6. The molecule has 0 radical (unpaired) electrons. The highest BCUT2D eigenvalue weighted by Gasteiger charge is 2.50. The van der Waals surface area contributed by atoms with Crippen LogP contribution < -0.4 is 4.90 Å². The maximum absolute atomic E-state index is 11.9. The summed E-state index contributed by atoms with van der Waals surface area (Å²) in [6.07, 6.45) is 0.630. The Morgan fingerprint density at radius 2 is 2.00 bits per heavy atom. The van der Waals surface area contributed by atoms with Gasteiger partial charge in [-0.25, -0.2) is 4.79 Å². The maximum Gasteiger partial charge on any atom is 0.331 e. The Labute approximate surface area is 101 Å². The maximum atomic E-state index is 11.9. The van der Waals surface area contributed by atoms with Gasteiger partial charge >= 0.3 is 5.97 Å². The van der Waals surface area contributed by atoms with E-state index in [1.165, 1.54) is 5.56 Å². The summed E-state index contributed by atoms with van der Waals surface area (Å²) in [5.41, 5.74) is 2.34. The van der Waals surface area contributed by atoms with Gasteiger partial charge in [0.1, 0.15) is 6.04 Å². The van der Waals surface area contributed by atoms with Gasteiger partial charge in [0.05, 0.1) is 0 Å². The van der Waals surface area contributed by atoms with Crippen molar-refractivity contribution in [2.45, 2.75) is 39.5 Å². The van der Waals surface area contributed by atoms with Gasteiger partial charge in [-0.1, -0.05) is 39.0 Å². The molecule has 0 saturated carbocycles. The van der Waals surface area contributed by atoms with Gasteiger partial charge in [0.25, 0.3) is 0 Å². The summed E-state index contributed by atoms with van der Waals surface area (Å²) in [7, 11) is 0. The van der Waals surface area contributed by atoms with Crippen LogP contribution in [0.5, 0.6) is 0 Å². The van der Waals surface area contributed by atoms with Crippen LogP contribution in [0.4, 0.5) is 5.69 Å². The monoisotopic (exact) mass is 231 g/mol. The van der Waals surface area contributed by atoms with Gasteiger partial charge in [0.15, 0.2) is 6.23 Å². The zero-order chi connectivity index (χ0) is 12.2. The van der Waals surface area contributed by atoms with E-state index in [-0.39, 0.29) is 23.7 Å². The minimum atomic E-state index is -0.149. The van der Waals surface area contributed by atoms with Crippen molar-refractivity contribution < 1.29 is 9.53 Å². The van der Waals surface area contributed by atoms with Gasteiger partial charge in [-0.3, -0.25) is 0 Å². The molecular formula is C14H17NO2. The Hall–Kier alpha value is -1.51. The Morgan fingerprint density at radius 1 is 1.29 bits per heavy atom. The second-order valence-electron chi connectivity index (χ2n) is 5.91. The number of nitrogens with zero attached hydrogens (tertiary/aromatic N) is 1. The van der Waals surface area contributed by atoms with Crippen LogP contribution in [-0.4, -0.2) is 18.2 Å². The highest BCUT2D eigenvalue weighted by Crippen LogP contribution is 2.43. The summed E-state index contributed by atoms with van der Waals surface area (Å²) in [5.74, 6) is -0.0823. The second kappa shape index (κ2) is 3.25. The molecule has 0 aliphatic carbocycles. The number of fused-ring (bicyclic) bond motifs is 3. The predicted octanol–water partition coefficient (Wildman–Crippen LogP) is 2.35. The smallest absolute Gasteiger partial charge is 0.331 e. The van der Waals surface area contributed by atoms with E-state index in [0.29, 0.717) is 0 Å². The molecule has 2 aliphatic rings. The van der Waals surface area contributed by atoms with Gasteiger partial charge < -0.3 is 9.64 Å². The number of carbonyl (C=O) groups is 1. The van der Waals surface area contributed by atoms with E-state index < -0.39 is 0 Å². The van der Waals surface area contributed by atoms with E-state index >= 15 is 0 Å². The van der Waals surface area contributed by atoms with Crippen LogP contribution >= 0.6 is 0 Å². The summed E-state index contributed by atoms with van der Waals surface area (Å²) in [4.78, 5) is 14.1. The first-order chi connectivity index (χ1) is 7.98. The van der Waals surface area contributed by atoms with Crippen LogP contribution in [0, 0.1) is 5.41 Å². The van der Waals surface area contributed by atoms with Crippen molar-refractivity contribution in [3.05, 3.63) is 29.8 Å². The molecule has 1 saturated heterocycles. The highest BCUT2D eigenvalue weighted by molar-refractivity contribution is 5.87. The van der Waals surface area contributed by atoms with Crippen LogP contribution in [0.1, 0.15) is 26.3 Å². The normalized spacial score (nSPS) is 26.8. The number of benzene rings is 1. The molecule has 0 N–H and O–H groups in total. The summed E-state index contributed by atoms with van der Waals surface area (Å²) in [5, 5.41) is 0. The molecule has 0 amide bonds. The number of hydrogen-bond acceptors (Lipinski definition) is 3. The van der Waals surface area contributed by atoms with Crippen molar-refractivity contribution in [2.24, 2.45) is 5.41 Å². The molecule has 3 rings (SSSR count). The molecule has 17 heavy (non-hydrogen) atoms. The molecule has 2 heterocycles. The lowest BCUT2D eigenvalue weighted by Gasteiger charge is -2.33. The third-order valence-electron chi connectivity index (χ3n) is 3.51. The number of esters is 1. The average molecular weight is 231 g/mol. The summed E-state index contributed by atoms with van der Waals surface area (Å²) in [6, 6.07) is 8.11. The van der Waals surface area contributed by atoms with Gasteiger partial charge in [-0.15, -0.1) is 0 Å². The molecule has 1 aromatic rings. The molecular weight excluding hydrogens is 214 g/mol. The van der Waals surface area contributed by atoms with Gasteiger partial charge in [0, 0.05) is 17.5 Å². The van der Waals surface area contributed by atoms with E-state index in [2.05, 4.69) is 37.8 Å². The topological polar surface area (TPSA) is 29.5 Å². The van der Waals surface area contributed by atoms with Crippen LogP contribution in [0.25, 0.3) is 0 Å². The van der Waals surface area contributed by atoms with E-state index in [1.54, 1.807) is 0 Å². The summed E-state index contributed by atoms with van der Waals surface area (Å²) in [6.45, 7) is 6.32. The zero-order valence-electron chi connectivity index (χ0n) is 10.4. The predicted molar refractivity (Wildman–Crippen MR) is 65.7 cm³/mol. The molecule has 0 bridgehead atoms. The van der Waals surface area contributed by atoms with Crippen molar-refractivity contribution in [1.29, 1.82) is 0 Å². The quantitative estimate of drug-likeness (QED) is 0.642. The third-order valence-corrected chi connectivity index (χ3v) is 3.51. The lowest BCUT2D eigenvalue weighted by Crippen LogP contribution is -2.42. The number of para-hydroxylation sites is 1. The van der Waals surface area contributed by atoms with Crippen LogP contribution in [0.15, 0.2) is 24.3 Å². The van der Waals surface area contributed by atoms with Crippen LogP contribution in [-0.2, 0) is 16.0 Å². The van der Waals surface area contributed by atoms with E-state index in [9.17, 15) is 4.79 Å². The van der Waals surface area contributed by atoms with Crippen molar-refractivity contribution in [3.8, 4) is 0 Å². The molecule has 0 spiro atoms. The summed E-state index contributed by atoms with van der Waals surface area (Å²) < 4.78 is 5.54. The molecule has 90 valence electrons. The average Bonchev–Trinajstić information content (AvgIpc) is 2.76. The van der Waals surface area contributed by atoms with Crippen molar-refractivity contribution >= 4 is 11.7 Å². The van der Waals surface area contributed by atoms with Crippen LogP contribution in [0.3, 0.4) is 0 Å². The number of hydrogen-bond donors (Lipinski definition) is 0. The van der Waals surface area contributed by atoms with Crippen molar-refractivity contribution in [2.75, 3.05) is 4.90 Å². The molecule has 0 unspecified atom stereocenters. The van der Waals surface area contributed by atoms with Gasteiger partial charge in [-0.05, 0) is 11.6 Å². The van der Waals surface area contributed by atoms with Gasteiger partial charge in [-0.2, -0.15) is 0 Å². The number of rotatable bonds is 0. The highest BCUT2D eigenvalue weighted by atomic mass is 16.6. The largest absolute Gasteiger partial charge is 0.439 e. The number of cyclic esters (lactones) is 1. The second-order valence-corrected chi connectivity index (χ2v) is 5.91. The van der Waals surface area contributed by atoms with E-state index in [4.69, 9.17) is 4.74 Å². The first-order valence-corrected chi connectivity index (χ1v) is 6.05. The van der Waals surface area contributed by atoms with Gasteiger partial charge in [0.2, 0.25) is 0 Å². The SMILES string of the molecule is CC(C)(C)[C@H]1OC(=O)[C@@H]2Cc3ccccc3N21. The minimum Gasteiger partial charge on any atom is -0.439 e. The Morgan fingerprint density at radius 3 is 2.71 bits per heavy atom. The fourth-order valence-corrected chi connectivity index (χ4v) is 2.74. The number of carbonyl (C=O) groups excluding carboxylic acids is 1. The number of anilines is 1. The molecule has 2 atom stereocenters. The Bertz CT molecular complexity index is 475. The first-order valence-electron chi connectivity index (χ1n) is 6.05. The van der Waals surface area contributed by atoms with E-state index in [1.807, 2.05) is 12.1 Å². The fraction of sp³-hybridized carbons (Fsp3) is 0.500. The zero-order valence-corrected chi connectivity index (χ0v) is 10.4. The lowest BCUT2D eigenvalue weighted by atomic mass is 9.93. The van der Waals surface area contributed by atoms with Crippen LogP contribution in [0.2, 0.25) is 0 Å². The Kier molecular flexibility index (Phi) is 2.03. The molecule has 0 aromatic heterocycles. The minimum absolute atomic E-state index is 0.0676. The molecule has 2 aliphatic heterocycles. The Balaban J connectivity index is 2.07. The standard InChI is InChI=1S/C14H17NO2/c1-14(2,3)13-15-10-7-5-4-6-9(10)8-11(15)12(16)17-13/h4-7,11,13H,8H2,1-3H3/t11-,13+/m0/s1. The molecule has 1 aromatic carbocycles. The lowest BCUT2D eigenvalue weighted by molar-refractivity contribution is -0.145. The number of ether oxygens (including phenoxy) is 1. The van der Waals surface area contributed by atoms with E-state index in [0.717, 1.165) is 12.1 Å². The molecule has 1 fully saturated rings. The summed E-state index contributed by atoms with van der Waals surface area (Å²) >= 11 is 0.